The highest BCUT2D eigenvalue weighted by Gasteiger charge is 2.11. The number of methoxy groups -OCH3 is 1. The van der Waals surface area contributed by atoms with Crippen molar-refractivity contribution in [2.75, 3.05) is 13.7 Å². The van der Waals surface area contributed by atoms with E-state index in [2.05, 4.69) is 10.1 Å². The molecule has 0 saturated carbocycles. The van der Waals surface area contributed by atoms with Crippen LogP contribution in [0.4, 0.5) is 0 Å². The maximum absolute atomic E-state index is 12.1. The second-order valence-corrected chi connectivity index (χ2v) is 6.94. The number of rotatable bonds is 8. The van der Waals surface area contributed by atoms with Crippen molar-refractivity contribution < 1.29 is 14.3 Å². The molecule has 0 unspecified atom stereocenters. The first kappa shape index (κ1) is 19.6. The van der Waals surface area contributed by atoms with Gasteiger partial charge in [-0.25, -0.2) is 4.68 Å². The number of esters is 1. The molecule has 28 heavy (non-hydrogen) atoms. The fourth-order valence-electron chi connectivity index (χ4n) is 2.60. The smallest absolute Gasteiger partial charge is 0.305 e. The lowest BCUT2D eigenvalue weighted by Crippen LogP contribution is -2.22. The van der Waals surface area contributed by atoms with Crippen LogP contribution in [0, 0.1) is 0 Å². The van der Waals surface area contributed by atoms with Crippen molar-refractivity contribution in [3.63, 3.8) is 0 Å². The SMILES string of the molecule is COC(=O)CCCNC(=O)C=Cc1cn(-c2ccccc2)nc1-c1cccs1. The molecular weight excluding hydrogens is 374 g/mol. The highest BCUT2D eigenvalue weighted by molar-refractivity contribution is 7.13. The first-order chi connectivity index (χ1) is 13.7. The topological polar surface area (TPSA) is 73.2 Å². The van der Waals surface area contributed by atoms with Gasteiger partial charge >= 0.3 is 5.97 Å². The molecule has 0 atom stereocenters. The van der Waals surface area contributed by atoms with E-state index in [9.17, 15) is 9.59 Å². The van der Waals surface area contributed by atoms with E-state index < -0.39 is 0 Å². The molecule has 1 amide bonds. The quantitative estimate of drug-likeness (QED) is 0.359. The Morgan fingerprint density at radius 2 is 2.04 bits per heavy atom. The van der Waals surface area contributed by atoms with Crippen LogP contribution in [-0.2, 0) is 14.3 Å². The molecule has 2 heterocycles. The van der Waals surface area contributed by atoms with Gasteiger partial charge in [-0.1, -0.05) is 24.3 Å². The summed E-state index contributed by atoms with van der Waals surface area (Å²) in [5.41, 5.74) is 2.64. The van der Waals surface area contributed by atoms with Gasteiger partial charge in [-0.15, -0.1) is 11.3 Å². The number of para-hydroxylation sites is 1. The molecule has 6 nitrogen and oxygen atoms in total. The average Bonchev–Trinajstić information content (AvgIpc) is 3.39. The first-order valence-corrected chi connectivity index (χ1v) is 9.77. The van der Waals surface area contributed by atoms with Gasteiger partial charge < -0.3 is 10.1 Å². The number of benzene rings is 1. The molecule has 0 bridgehead atoms. The van der Waals surface area contributed by atoms with Gasteiger partial charge in [-0.3, -0.25) is 9.59 Å². The number of nitrogens with one attached hydrogen (secondary N) is 1. The average molecular weight is 395 g/mol. The van der Waals surface area contributed by atoms with Crippen molar-refractivity contribution in [3.05, 3.63) is 65.7 Å². The maximum atomic E-state index is 12.1. The van der Waals surface area contributed by atoms with Gasteiger partial charge in [0.05, 0.1) is 17.7 Å². The van der Waals surface area contributed by atoms with E-state index in [0.717, 1.165) is 21.8 Å². The molecule has 7 heteroatoms. The van der Waals surface area contributed by atoms with Crippen molar-refractivity contribution in [1.29, 1.82) is 0 Å². The maximum Gasteiger partial charge on any atom is 0.305 e. The van der Waals surface area contributed by atoms with Gasteiger partial charge in [0, 0.05) is 30.8 Å². The molecule has 0 aliphatic carbocycles. The number of carbonyl (C=O) groups excluding carboxylic acids is 2. The summed E-state index contributed by atoms with van der Waals surface area (Å²) in [6, 6.07) is 13.8. The predicted octanol–water partition coefficient (Wildman–Crippen LogP) is 3.68. The Morgan fingerprint density at radius 3 is 2.75 bits per heavy atom. The molecule has 3 rings (SSSR count). The predicted molar refractivity (Wildman–Crippen MR) is 110 cm³/mol. The molecule has 0 aliphatic heterocycles. The third-order valence-corrected chi connectivity index (χ3v) is 4.89. The number of amides is 1. The minimum absolute atomic E-state index is 0.213. The van der Waals surface area contributed by atoms with E-state index in [-0.39, 0.29) is 18.3 Å². The summed E-state index contributed by atoms with van der Waals surface area (Å²) in [6.07, 6.45) is 5.98. The van der Waals surface area contributed by atoms with Gasteiger partial charge in [0.2, 0.25) is 5.91 Å². The molecule has 0 aliphatic rings. The van der Waals surface area contributed by atoms with Gasteiger partial charge in [0.15, 0.2) is 0 Å². The van der Waals surface area contributed by atoms with E-state index >= 15 is 0 Å². The summed E-state index contributed by atoms with van der Waals surface area (Å²) in [4.78, 5) is 24.2. The Morgan fingerprint density at radius 1 is 1.21 bits per heavy atom. The van der Waals surface area contributed by atoms with Crippen LogP contribution in [0.3, 0.4) is 0 Å². The van der Waals surface area contributed by atoms with Crippen LogP contribution < -0.4 is 5.32 Å². The molecule has 3 aromatic rings. The lowest BCUT2D eigenvalue weighted by atomic mass is 10.2. The summed E-state index contributed by atoms with van der Waals surface area (Å²) in [5, 5.41) is 9.46. The summed E-state index contributed by atoms with van der Waals surface area (Å²) in [6.45, 7) is 0.416. The van der Waals surface area contributed by atoms with Crippen LogP contribution >= 0.6 is 11.3 Å². The van der Waals surface area contributed by atoms with Crippen LogP contribution in [-0.4, -0.2) is 35.3 Å². The minimum Gasteiger partial charge on any atom is -0.469 e. The highest BCUT2D eigenvalue weighted by Crippen LogP contribution is 2.28. The summed E-state index contributed by atoms with van der Waals surface area (Å²) >= 11 is 1.60. The van der Waals surface area contributed by atoms with Gasteiger partial charge in [-0.2, -0.15) is 5.10 Å². The first-order valence-electron chi connectivity index (χ1n) is 8.89. The Bertz CT molecular complexity index is 947. The second kappa shape index (κ2) is 9.66. The molecule has 0 saturated heterocycles. The fraction of sp³-hybridized carbons (Fsp3) is 0.190. The van der Waals surface area contributed by atoms with Gasteiger partial charge in [0.1, 0.15) is 5.69 Å². The molecule has 144 valence electrons. The second-order valence-electron chi connectivity index (χ2n) is 5.99. The van der Waals surface area contributed by atoms with Crippen molar-refractivity contribution in [2.45, 2.75) is 12.8 Å². The van der Waals surface area contributed by atoms with Crippen molar-refractivity contribution in [1.82, 2.24) is 15.1 Å². The van der Waals surface area contributed by atoms with Gasteiger partial charge in [0.25, 0.3) is 0 Å². The molecule has 1 N–H and O–H groups in total. The van der Waals surface area contributed by atoms with Crippen molar-refractivity contribution in [2.24, 2.45) is 0 Å². The third kappa shape index (κ3) is 5.17. The Kier molecular flexibility index (Phi) is 6.75. The van der Waals surface area contributed by atoms with E-state index in [1.54, 1.807) is 17.4 Å². The Labute approximate surface area is 167 Å². The van der Waals surface area contributed by atoms with E-state index in [1.165, 1.54) is 13.2 Å². The lowest BCUT2D eigenvalue weighted by molar-refractivity contribution is -0.140. The zero-order valence-corrected chi connectivity index (χ0v) is 16.3. The zero-order chi connectivity index (χ0) is 19.8. The van der Waals surface area contributed by atoms with Gasteiger partial charge in [-0.05, 0) is 36.1 Å². The van der Waals surface area contributed by atoms with Crippen LogP contribution in [0.2, 0.25) is 0 Å². The van der Waals surface area contributed by atoms with Crippen molar-refractivity contribution in [3.8, 4) is 16.3 Å². The highest BCUT2D eigenvalue weighted by atomic mass is 32.1. The number of hydrogen-bond donors (Lipinski definition) is 1. The molecule has 0 fully saturated rings. The number of carbonyl (C=O) groups is 2. The number of nitrogens with zero attached hydrogens (tertiary/aromatic N) is 2. The Hall–Kier alpha value is -3.19. The standard InChI is InChI=1S/C21H21N3O3S/c1-27-20(26)10-5-13-22-19(25)12-11-16-15-24(17-7-3-2-4-8-17)23-21(16)18-9-6-14-28-18/h2-4,6-9,11-12,14-15H,5,10,13H2,1H3,(H,22,25). The van der Waals surface area contributed by atoms with Crippen LogP contribution in [0.5, 0.6) is 0 Å². The van der Waals surface area contributed by atoms with Crippen molar-refractivity contribution >= 4 is 29.3 Å². The largest absolute Gasteiger partial charge is 0.469 e. The molecule has 2 aromatic heterocycles. The zero-order valence-electron chi connectivity index (χ0n) is 15.5. The molecule has 1 aromatic carbocycles. The lowest BCUT2D eigenvalue weighted by Gasteiger charge is -2.01. The molecule has 0 spiro atoms. The van der Waals surface area contributed by atoms with Crippen LogP contribution in [0.15, 0.2) is 60.1 Å². The van der Waals surface area contributed by atoms with E-state index in [0.29, 0.717) is 13.0 Å². The van der Waals surface area contributed by atoms with Crippen LogP contribution in [0.25, 0.3) is 22.3 Å². The van der Waals surface area contributed by atoms with Crippen LogP contribution in [0.1, 0.15) is 18.4 Å². The third-order valence-electron chi connectivity index (χ3n) is 4.02. The Balaban J connectivity index is 1.71. The number of thiophene rings is 1. The normalized spacial score (nSPS) is 10.9. The summed E-state index contributed by atoms with van der Waals surface area (Å²) < 4.78 is 6.38. The monoisotopic (exact) mass is 395 g/mol. The number of hydrogen-bond acceptors (Lipinski definition) is 5. The number of ether oxygens (including phenoxy) is 1. The fourth-order valence-corrected chi connectivity index (χ4v) is 3.33. The molecular formula is C21H21N3O3S. The number of aromatic nitrogens is 2. The summed E-state index contributed by atoms with van der Waals surface area (Å²) in [5.74, 6) is -0.492. The van der Waals surface area contributed by atoms with E-state index in [1.807, 2.05) is 58.7 Å². The summed E-state index contributed by atoms with van der Waals surface area (Å²) in [7, 11) is 1.35. The minimum atomic E-state index is -0.279. The molecule has 0 radical (unpaired) electrons. The van der Waals surface area contributed by atoms with E-state index in [4.69, 9.17) is 5.10 Å².